The average molecular weight is 313 g/mol. The van der Waals surface area contributed by atoms with Gasteiger partial charge in [0.1, 0.15) is 0 Å². The molecule has 0 spiro atoms. The van der Waals surface area contributed by atoms with Crippen LogP contribution in [0.1, 0.15) is 25.8 Å². The van der Waals surface area contributed by atoms with Gasteiger partial charge >= 0.3 is 0 Å². The Morgan fingerprint density at radius 3 is 2.43 bits per heavy atom. The maximum atomic E-state index is 11.3. The summed E-state index contributed by atoms with van der Waals surface area (Å²) in [6.45, 7) is 5.07. The van der Waals surface area contributed by atoms with Crippen LogP contribution in [0.25, 0.3) is 0 Å². The first-order valence-electron chi connectivity index (χ1n) is 7.24. The third-order valence-corrected chi connectivity index (χ3v) is 4.97. The second-order valence-electron chi connectivity index (χ2n) is 5.35. The number of hydrogen-bond acceptors (Lipinski definition) is 4. The van der Waals surface area contributed by atoms with Gasteiger partial charge in [-0.05, 0) is 44.0 Å². The lowest BCUT2D eigenvalue weighted by Gasteiger charge is -2.16. The molecule has 0 aliphatic carbocycles. The number of ether oxygens (including phenoxy) is 2. The molecule has 21 heavy (non-hydrogen) atoms. The van der Waals surface area contributed by atoms with E-state index in [-0.39, 0.29) is 5.25 Å². The number of benzene rings is 1. The molecule has 1 aromatic carbocycles. The van der Waals surface area contributed by atoms with Crippen LogP contribution in [0.2, 0.25) is 0 Å². The van der Waals surface area contributed by atoms with Crippen LogP contribution in [0, 0.1) is 0 Å². The van der Waals surface area contributed by atoms with E-state index in [1.54, 1.807) is 20.5 Å². The zero-order valence-electron chi connectivity index (χ0n) is 13.6. The standard InChI is InChI=1S/C16H27NO3S/c1-12(17-9-8-13(2)21(5)18)10-14-6-7-15(19-3)16(11-14)20-4/h6-7,11-13,17H,8-10H2,1-5H3. The zero-order chi connectivity index (χ0) is 15.8. The maximum absolute atomic E-state index is 11.3. The minimum absolute atomic E-state index is 0.241. The molecule has 3 unspecified atom stereocenters. The van der Waals surface area contributed by atoms with Crippen LogP contribution in [0.4, 0.5) is 0 Å². The molecule has 0 fully saturated rings. The summed E-state index contributed by atoms with van der Waals surface area (Å²) in [5.41, 5.74) is 1.21. The van der Waals surface area contributed by atoms with Crippen LogP contribution in [-0.4, -0.2) is 42.5 Å². The first kappa shape index (κ1) is 18.0. The topological polar surface area (TPSA) is 47.6 Å². The Bertz CT molecular complexity index is 465. The highest BCUT2D eigenvalue weighted by Gasteiger charge is 2.09. The summed E-state index contributed by atoms with van der Waals surface area (Å²) in [4.78, 5) is 0. The summed E-state index contributed by atoms with van der Waals surface area (Å²) in [5.74, 6) is 1.51. The summed E-state index contributed by atoms with van der Waals surface area (Å²) in [6.07, 6.45) is 3.61. The van der Waals surface area contributed by atoms with Gasteiger partial charge in [-0.25, -0.2) is 0 Å². The van der Waals surface area contributed by atoms with E-state index in [4.69, 9.17) is 9.47 Å². The molecule has 0 bridgehead atoms. The molecule has 4 nitrogen and oxygen atoms in total. The van der Waals surface area contributed by atoms with Crippen molar-refractivity contribution < 1.29 is 13.7 Å². The first-order chi connectivity index (χ1) is 9.97. The predicted octanol–water partition coefficient (Wildman–Crippen LogP) is 2.38. The molecule has 120 valence electrons. The van der Waals surface area contributed by atoms with Gasteiger partial charge in [0.15, 0.2) is 11.5 Å². The second-order valence-corrected chi connectivity index (χ2v) is 7.15. The summed E-state index contributed by atoms with van der Waals surface area (Å²) >= 11 is 0. The third-order valence-electron chi connectivity index (χ3n) is 3.60. The Labute approximate surface area is 130 Å². The third kappa shape index (κ3) is 6.06. The minimum atomic E-state index is -0.742. The smallest absolute Gasteiger partial charge is 0.160 e. The normalized spacial score (nSPS) is 15.3. The van der Waals surface area contributed by atoms with Crippen molar-refractivity contribution in [3.8, 4) is 11.5 Å². The zero-order valence-corrected chi connectivity index (χ0v) is 14.5. The highest BCUT2D eigenvalue weighted by atomic mass is 32.2. The summed E-state index contributed by atoms with van der Waals surface area (Å²) in [7, 11) is 2.55. The molecule has 0 amide bonds. The van der Waals surface area contributed by atoms with E-state index < -0.39 is 10.8 Å². The molecular formula is C16H27NO3S. The van der Waals surface area contributed by atoms with Crippen molar-refractivity contribution in [3.05, 3.63) is 23.8 Å². The van der Waals surface area contributed by atoms with Gasteiger partial charge in [0.05, 0.1) is 14.2 Å². The van der Waals surface area contributed by atoms with Gasteiger partial charge in [0.25, 0.3) is 0 Å². The highest BCUT2D eigenvalue weighted by Crippen LogP contribution is 2.27. The van der Waals surface area contributed by atoms with Crippen molar-refractivity contribution in [3.63, 3.8) is 0 Å². The molecule has 3 atom stereocenters. The maximum Gasteiger partial charge on any atom is 0.160 e. The predicted molar refractivity (Wildman–Crippen MR) is 88.9 cm³/mol. The van der Waals surface area contributed by atoms with Gasteiger partial charge in [-0.3, -0.25) is 4.21 Å². The van der Waals surface area contributed by atoms with E-state index in [1.165, 1.54) is 5.56 Å². The quantitative estimate of drug-likeness (QED) is 0.760. The van der Waals surface area contributed by atoms with Gasteiger partial charge in [-0.1, -0.05) is 13.0 Å². The lowest BCUT2D eigenvalue weighted by atomic mass is 10.1. The Kier molecular flexibility index (Phi) is 7.75. The number of rotatable bonds is 9. The van der Waals surface area contributed by atoms with Crippen molar-refractivity contribution in [2.75, 3.05) is 27.0 Å². The van der Waals surface area contributed by atoms with Crippen LogP contribution < -0.4 is 14.8 Å². The molecule has 1 rings (SSSR count). The number of nitrogens with one attached hydrogen (secondary N) is 1. The highest BCUT2D eigenvalue weighted by molar-refractivity contribution is 7.84. The Balaban J connectivity index is 2.47. The van der Waals surface area contributed by atoms with E-state index >= 15 is 0 Å². The fraction of sp³-hybridized carbons (Fsp3) is 0.625. The van der Waals surface area contributed by atoms with Gasteiger partial charge in [-0.2, -0.15) is 0 Å². The van der Waals surface area contributed by atoms with Crippen LogP contribution in [0.15, 0.2) is 18.2 Å². The van der Waals surface area contributed by atoms with Gasteiger partial charge in [0.2, 0.25) is 0 Å². The minimum Gasteiger partial charge on any atom is -0.493 e. The van der Waals surface area contributed by atoms with E-state index in [2.05, 4.69) is 18.3 Å². The molecule has 0 aromatic heterocycles. The molecule has 1 aromatic rings. The summed E-state index contributed by atoms with van der Waals surface area (Å²) in [5, 5.41) is 3.72. The van der Waals surface area contributed by atoms with Crippen molar-refractivity contribution in [1.82, 2.24) is 5.32 Å². The Morgan fingerprint density at radius 1 is 1.19 bits per heavy atom. The number of hydrogen-bond donors (Lipinski definition) is 1. The van der Waals surface area contributed by atoms with Gasteiger partial charge < -0.3 is 14.8 Å². The lowest BCUT2D eigenvalue weighted by Crippen LogP contribution is -2.31. The van der Waals surface area contributed by atoms with Gasteiger partial charge in [0, 0.05) is 28.3 Å². The van der Waals surface area contributed by atoms with E-state index in [9.17, 15) is 4.21 Å². The second kappa shape index (κ2) is 9.05. The lowest BCUT2D eigenvalue weighted by molar-refractivity contribution is 0.354. The molecule has 0 aliphatic heterocycles. The molecule has 1 N–H and O–H groups in total. The fourth-order valence-electron chi connectivity index (χ4n) is 2.13. The van der Waals surface area contributed by atoms with Crippen molar-refractivity contribution >= 4 is 10.8 Å². The molecule has 0 heterocycles. The Morgan fingerprint density at radius 2 is 1.86 bits per heavy atom. The summed E-state index contributed by atoms with van der Waals surface area (Å²) in [6, 6.07) is 6.37. The SMILES string of the molecule is COc1ccc(CC(C)NCCC(C)S(C)=O)cc1OC. The monoisotopic (exact) mass is 313 g/mol. The van der Waals surface area contributed by atoms with Crippen molar-refractivity contribution in [2.24, 2.45) is 0 Å². The average Bonchev–Trinajstić information content (AvgIpc) is 2.46. The summed E-state index contributed by atoms with van der Waals surface area (Å²) < 4.78 is 21.9. The van der Waals surface area contributed by atoms with Crippen molar-refractivity contribution in [2.45, 2.75) is 38.0 Å². The molecule has 0 radical (unpaired) electrons. The van der Waals surface area contributed by atoms with Crippen LogP contribution >= 0.6 is 0 Å². The van der Waals surface area contributed by atoms with Crippen LogP contribution in [0.5, 0.6) is 11.5 Å². The molecule has 0 aliphatic rings. The fourth-order valence-corrected chi connectivity index (χ4v) is 2.58. The van der Waals surface area contributed by atoms with Crippen LogP contribution in [0.3, 0.4) is 0 Å². The van der Waals surface area contributed by atoms with Crippen LogP contribution in [-0.2, 0) is 17.2 Å². The molecular weight excluding hydrogens is 286 g/mol. The van der Waals surface area contributed by atoms with E-state index in [1.807, 2.05) is 19.1 Å². The van der Waals surface area contributed by atoms with E-state index in [0.29, 0.717) is 6.04 Å². The molecule has 0 saturated carbocycles. The largest absolute Gasteiger partial charge is 0.493 e. The van der Waals surface area contributed by atoms with E-state index in [0.717, 1.165) is 30.9 Å². The first-order valence-corrected chi connectivity index (χ1v) is 8.86. The molecule has 0 saturated heterocycles. The van der Waals surface area contributed by atoms with Crippen molar-refractivity contribution in [1.29, 1.82) is 0 Å². The number of methoxy groups -OCH3 is 2. The van der Waals surface area contributed by atoms with Gasteiger partial charge in [-0.15, -0.1) is 0 Å². The Hall–Kier alpha value is -1.07. The molecule has 5 heteroatoms.